The van der Waals surface area contributed by atoms with Gasteiger partial charge in [0.25, 0.3) is 0 Å². The van der Waals surface area contributed by atoms with Gasteiger partial charge in [0.2, 0.25) is 15.9 Å². The lowest BCUT2D eigenvalue weighted by Gasteiger charge is -2.20. The molecule has 1 fully saturated rings. The molecule has 1 aliphatic heterocycles. The lowest BCUT2D eigenvalue weighted by atomic mass is 9.97. The van der Waals surface area contributed by atoms with Crippen LogP contribution < -0.4 is 19.5 Å². The monoisotopic (exact) mass is 526 g/mol. The Morgan fingerprint density at radius 2 is 1.63 bits per heavy atom. The van der Waals surface area contributed by atoms with Gasteiger partial charge in [-0.2, -0.15) is 0 Å². The number of halogens is 4. The third-order valence-electron chi connectivity index (χ3n) is 5.31. The van der Waals surface area contributed by atoms with Crippen molar-refractivity contribution >= 4 is 33.2 Å². The molecule has 0 bridgehead atoms. The predicted molar refractivity (Wildman–Crippen MR) is 122 cm³/mol. The normalized spacial score (nSPS) is 16.4. The highest BCUT2D eigenvalue weighted by molar-refractivity contribution is 7.89. The van der Waals surface area contributed by atoms with Crippen LogP contribution in [-0.2, 0) is 14.8 Å². The number of primary sulfonamides is 1. The second-order valence-electron chi connectivity index (χ2n) is 7.72. The first kappa shape index (κ1) is 24.8. The molecular formula is C23H18ClF3N2O5S. The number of benzene rings is 3. The van der Waals surface area contributed by atoms with Crippen molar-refractivity contribution < 1.29 is 35.9 Å². The van der Waals surface area contributed by atoms with E-state index in [2.05, 4.69) is 4.74 Å². The van der Waals surface area contributed by atoms with Crippen LogP contribution in [0.5, 0.6) is 17.2 Å². The molecule has 7 nitrogen and oxygen atoms in total. The summed E-state index contributed by atoms with van der Waals surface area (Å²) in [7, 11) is -3.88. The minimum atomic E-state index is -4.91. The highest BCUT2D eigenvalue weighted by Gasteiger charge is 2.35. The zero-order chi connectivity index (χ0) is 25.4. The topological polar surface area (TPSA) is 98.9 Å². The van der Waals surface area contributed by atoms with Crippen molar-refractivity contribution in [1.82, 2.24) is 0 Å². The third kappa shape index (κ3) is 5.87. The molecule has 12 heteroatoms. The van der Waals surface area contributed by atoms with Crippen molar-refractivity contribution in [2.75, 3.05) is 11.4 Å². The smallest absolute Gasteiger partial charge is 0.453 e. The summed E-state index contributed by atoms with van der Waals surface area (Å²) < 4.78 is 71.2. The minimum absolute atomic E-state index is 0.0856. The quantitative estimate of drug-likeness (QED) is 0.476. The van der Waals surface area contributed by atoms with Crippen LogP contribution in [0.15, 0.2) is 71.6 Å². The van der Waals surface area contributed by atoms with E-state index in [1.165, 1.54) is 53.4 Å². The third-order valence-corrected chi connectivity index (χ3v) is 6.48. The first-order valence-electron chi connectivity index (χ1n) is 10.2. The van der Waals surface area contributed by atoms with Gasteiger partial charge in [-0.05, 0) is 48.5 Å². The van der Waals surface area contributed by atoms with E-state index in [4.69, 9.17) is 21.5 Å². The van der Waals surface area contributed by atoms with Crippen molar-refractivity contribution in [2.24, 2.45) is 5.14 Å². The molecule has 0 unspecified atom stereocenters. The summed E-state index contributed by atoms with van der Waals surface area (Å²) in [6.07, 6.45) is -4.82. The Morgan fingerprint density at radius 3 is 2.26 bits per heavy atom. The Balaban J connectivity index is 1.61. The fourth-order valence-corrected chi connectivity index (χ4v) is 4.45. The molecule has 1 saturated heterocycles. The van der Waals surface area contributed by atoms with Crippen LogP contribution in [-0.4, -0.2) is 27.2 Å². The van der Waals surface area contributed by atoms with Crippen molar-refractivity contribution in [1.29, 1.82) is 0 Å². The summed E-state index contributed by atoms with van der Waals surface area (Å²) in [5, 5.41) is 5.41. The van der Waals surface area contributed by atoms with E-state index in [0.29, 0.717) is 11.3 Å². The molecule has 0 radical (unpaired) electrons. The van der Waals surface area contributed by atoms with Gasteiger partial charge in [-0.15, -0.1) is 13.2 Å². The van der Waals surface area contributed by atoms with Gasteiger partial charge in [-0.25, -0.2) is 13.6 Å². The average molecular weight is 527 g/mol. The molecule has 1 heterocycles. The number of hydrogen-bond acceptors (Lipinski definition) is 5. The van der Waals surface area contributed by atoms with Gasteiger partial charge < -0.3 is 14.4 Å². The molecule has 3 aromatic carbocycles. The Morgan fingerprint density at radius 1 is 0.971 bits per heavy atom. The number of anilines is 1. The summed E-state index contributed by atoms with van der Waals surface area (Å²) >= 11 is 6.11. The largest absolute Gasteiger partial charge is 0.573 e. The molecule has 3 aromatic rings. The fourth-order valence-electron chi connectivity index (χ4n) is 3.78. The molecule has 1 aliphatic rings. The predicted octanol–water partition coefficient (Wildman–Crippen LogP) is 5.20. The number of carbonyl (C=O) groups is 1. The molecule has 184 valence electrons. The lowest BCUT2D eigenvalue weighted by molar-refractivity contribution is -0.275. The Labute approximate surface area is 203 Å². The number of alkyl halides is 3. The molecule has 0 spiro atoms. The number of carbonyl (C=O) groups excluding carboxylic acids is 1. The zero-order valence-corrected chi connectivity index (χ0v) is 19.4. The number of hydrogen-bond donors (Lipinski definition) is 1. The summed E-state index contributed by atoms with van der Waals surface area (Å²) in [5.41, 5.74) is 1.04. The van der Waals surface area contributed by atoms with Crippen molar-refractivity contribution in [3.8, 4) is 17.2 Å². The number of nitrogens with two attached hydrogens (primary N) is 1. The van der Waals surface area contributed by atoms with Gasteiger partial charge in [-0.3, -0.25) is 4.79 Å². The zero-order valence-electron chi connectivity index (χ0n) is 17.8. The van der Waals surface area contributed by atoms with Gasteiger partial charge in [0.05, 0.1) is 4.90 Å². The van der Waals surface area contributed by atoms with Gasteiger partial charge in [0, 0.05) is 35.2 Å². The Hall–Kier alpha value is -3.28. The molecule has 1 amide bonds. The molecule has 2 N–H and O–H groups in total. The van der Waals surface area contributed by atoms with Crippen LogP contribution in [0.1, 0.15) is 17.9 Å². The summed E-state index contributed by atoms with van der Waals surface area (Å²) in [4.78, 5) is 14.2. The van der Waals surface area contributed by atoms with Crippen LogP contribution >= 0.6 is 11.6 Å². The second kappa shape index (κ2) is 9.40. The maximum atomic E-state index is 12.8. The summed E-state index contributed by atoms with van der Waals surface area (Å²) in [6.45, 7) is 0.228. The van der Waals surface area contributed by atoms with Crippen molar-refractivity contribution in [3.05, 3.63) is 77.3 Å². The summed E-state index contributed by atoms with van der Waals surface area (Å²) in [5.74, 6) is -1.11. The van der Waals surface area contributed by atoms with Crippen LogP contribution in [0.3, 0.4) is 0 Å². The Kier molecular flexibility index (Phi) is 6.67. The van der Waals surface area contributed by atoms with E-state index in [-0.39, 0.29) is 46.2 Å². The van der Waals surface area contributed by atoms with Gasteiger partial charge in [-0.1, -0.05) is 29.8 Å². The van der Waals surface area contributed by atoms with E-state index in [0.717, 1.165) is 6.07 Å². The van der Waals surface area contributed by atoms with E-state index >= 15 is 0 Å². The lowest BCUT2D eigenvalue weighted by Crippen LogP contribution is -2.24. The first-order valence-corrected chi connectivity index (χ1v) is 12.1. The maximum Gasteiger partial charge on any atom is 0.573 e. The van der Waals surface area contributed by atoms with Gasteiger partial charge in [0.1, 0.15) is 5.75 Å². The van der Waals surface area contributed by atoms with E-state index in [1.54, 1.807) is 12.1 Å². The van der Waals surface area contributed by atoms with Crippen LogP contribution in [0.25, 0.3) is 0 Å². The Bertz CT molecular complexity index is 1360. The number of nitrogens with zero attached hydrogens (tertiary/aromatic N) is 1. The van der Waals surface area contributed by atoms with Crippen LogP contribution in [0.2, 0.25) is 5.02 Å². The molecule has 4 rings (SSSR count). The minimum Gasteiger partial charge on any atom is -0.453 e. The second-order valence-corrected chi connectivity index (χ2v) is 9.72. The molecule has 1 atom stereocenters. The van der Waals surface area contributed by atoms with Gasteiger partial charge in [0.15, 0.2) is 11.5 Å². The SMILES string of the molecule is NS(=O)(=O)c1ccc(N2C[C@@H](c3ccc(Cl)cc3Oc3ccccc3OC(F)(F)F)CC2=O)cc1. The molecule has 0 aromatic heterocycles. The number of amides is 1. The fraction of sp³-hybridized carbons (Fsp3) is 0.174. The van der Waals surface area contributed by atoms with E-state index in [9.17, 15) is 26.4 Å². The highest BCUT2D eigenvalue weighted by Crippen LogP contribution is 2.42. The highest BCUT2D eigenvalue weighted by atomic mass is 35.5. The number of ether oxygens (including phenoxy) is 2. The van der Waals surface area contributed by atoms with E-state index in [1.807, 2.05) is 0 Å². The summed E-state index contributed by atoms with van der Waals surface area (Å²) in [6, 6.07) is 15.6. The first-order chi connectivity index (χ1) is 16.4. The standard InChI is InChI=1S/C23H18ClF3N2O5S/c24-15-5-10-18(21(12-15)33-19-3-1-2-4-20(19)34-23(25,26)27)14-11-22(30)29(13-14)16-6-8-17(9-7-16)35(28,31)32/h1-10,12,14H,11,13H2,(H2,28,31,32)/t14-/m0/s1. The van der Waals surface area contributed by atoms with E-state index < -0.39 is 22.1 Å². The number of rotatable bonds is 6. The molecule has 0 saturated carbocycles. The average Bonchev–Trinajstić information content (AvgIpc) is 3.15. The number of para-hydroxylation sites is 2. The molecular weight excluding hydrogens is 509 g/mol. The van der Waals surface area contributed by atoms with Crippen LogP contribution in [0, 0.1) is 0 Å². The maximum absolute atomic E-state index is 12.8. The van der Waals surface area contributed by atoms with Crippen LogP contribution in [0.4, 0.5) is 18.9 Å². The van der Waals surface area contributed by atoms with Crippen molar-refractivity contribution in [3.63, 3.8) is 0 Å². The van der Waals surface area contributed by atoms with Crippen molar-refractivity contribution in [2.45, 2.75) is 23.6 Å². The molecule has 0 aliphatic carbocycles. The molecule has 35 heavy (non-hydrogen) atoms. The number of sulfonamides is 1. The van der Waals surface area contributed by atoms with Gasteiger partial charge >= 0.3 is 6.36 Å².